The molecule has 0 bridgehead atoms. The zero-order chi connectivity index (χ0) is 13.2. The Morgan fingerprint density at radius 3 is 2.95 bits per heavy atom. The second-order valence-corrected chi connectivity index (χ2v) is 6.56. The Kier molecular flexibility index (Phi) is 3.78. The van der Waals surface area contributed by atoms with Crippen LogP contribution in [-0.4, -0.2) is 23.4 Å². The van der Waals surface area contributed by atoms with Crippen molar-refractivity contribution in [3.8, 4) is 5.75 Å². The highest BCUT2D eigenvalue weighted by Gasteiger charge is 2.31. The van der Waals surface area contributed by atoms with E-state index in [9.17, 15) is 4.79 Å². The van der Waals surface area contributed by atoms with E-state index in [0.29, 0.717) is 11.4 Å². The lowest BCUT2D eigenvalue weighted by molar-refractivity contribution is -0.126. The van der Waals surface area contributed by atoms with Gasteiger partial charge in [-0.25, -0.2) is 0 Å². The molecule has 1 amide bonds. The fourth-order valence-corrected chi connectivity index (χ4v) is 3.59. The molecule has 1 heterocycles. The fraction of sp³-hybridized carbons (Fsp3) is 0.533. The lowest BCUT2D eigenvalue weighted by Crippen LogP contribution is -2.44. The van der Waals surface area contributed by atoms with Crippen molar-refractivity contribution in [2.75, 3.05) is 6.61 Å². The largest absolute Gasteiger partial charge is 0.492 e. The molecule has 3 atom stereocenters. The molecule has 1 N–H and O–H groups in total. The Hall–Kier alpha value is -1.03. The number of benzene rings is 1. The first-order valence-electron chi connectivity index (χ1n) is 6.89. The van der Waals surface area contributed by atoms with E-state index in [1.165, 1.54) is 6.42 Å². The van der Waals surface area contributed by atoms with Gasteiger partial charge in [-0.05, 0) is 30.9 Å². The van der Waals surface area contributed by atoms with Crippen molar-refractivity contribution in [3.63, 3.8) is 0 Å². The summed E-state index contributed by atoms with van der Waals surface area (Å²) in [4.78, 5) is 12.7. The number of amides is 1. The van der Waals surface area contributed by atoms with Crippen LogP contribution in [-0.2, 0) is 11.2 Å². The molecule has 0 radical (unpaired) electrons. The number of fused-ring (bicyclic) bond motifs is 1. The molecule has 1 aliphatic heterocycles. The molecule has 3 rings (SSSR count). The Balaban J connectivity index is 1.63. The standard InChI is InChI=1S/C15H18BrNO2/c16-12-5-3-6-13(12)17-15(18)11-8-10-4-1-2-7-14(10)19-9-11/h1-2,4,7,11-13H,3,5-6,8-9H2,(H,17,18). The number of hydrogen-bond acceptors (Lipinski definition) is 2. The lowest BCUT2D eigenvalue weighted by Gasteiger charge is -2.26. The number of nitrogens with one attached hydrogen (secondary N) is 1. The van der Waals surface area contributed by atoms with Crippen LogP contribution in [0.2, 0.25) is 0 Å². The van der Waals surface area contributed by atoms with Gasteiger partial charge in [-0.3, -0.25) is 4.79 Å². The summed E-state index contributed by atoms with van der Waals surface area (Å²) in [5.41, 5.74) is 1.13. The van der Waals surface area contributed by atoms with Crippen LogP contribution >= 0.6 is 15.9 Å². The van der Waals surface area contributed by atoms with Crippen molar-refractivity contribution in [2.24, 2.45) is 5.92 Å². The van der Waals surface area contributed by atoms with Gasteiger partial charge in [0.15, 0.2) is 0 Å². The molecule has 1 fully saturated rings. The summed E-state index contributed by atoms with van der Waals surface area (Å²) < 4.78 is 5.68. The summed E-state index contributed by atoms with van der Waals surface area (Å²) in [6, 6.07) is 8.25. The molecule has 0 saturated heterocycles. The van der Waals surface area contributed by atoms with Crippen LogP contribution in [0.3, 0.4) is 0 Å². The average molecular weight is 324 g/mol. The molecular formula is C15H18BrNO2. The molecule has 2 aliphatic rings. The first-order valence-corrected chi connectivity index (χ1v) is 7.81. The van der Waals surface area contributed by atoms with Gasteiger partial charge in [-0.15, -0.1) is 0 Å². The third-order valence-electron chi connectivity index (χ3n) is 4.01. The molecule has 102 valence electrons. The van der Waals surface area contributed by atoms with Gasteiger partial charge in [0.05, 0.1) is 5.92 Å². The van der Waals surface area contributed by atoms with Gasteiger partial charge in [-0.1, -0.05) is 40.5 Å². The smallest absolute Gasteiger partial charge is 0.227 e. The average Bonchev–Trinajstić information content (AvgIpc) is 2.84. The van der Waals surface area contributed by atoms with Gasteiger partial charge in [0.1, 0.15) is 12.4 Å². The number of ether oxygens (including phenoxy) is 1. The zero-order valence-corrected chi connectivity index (χ0v) is 12.4. The quantitative estimate of drug-likeness (QED) is 0.850. The van der Waals surface area contributed by atoms with Gasteiger partial charge in [0.2, 0.25) is 5.91 Å². The van der Waals surface area contributed by atoms with Crippen LogP contribution in [0.25, 0.3) is 0 Å². The number of carbonyl (C=O) groups excluding carboxylic acids is 1. The van der Waals surface area contributed by atoms with Crippen LogP contribution in [0, 0.1) is 5.92 Å². The Morgan fingerprint density at radius 1 is 1.32 bits per heavy atom. The van der Waals surface area contributed by atoms with Crippen molar-refractivity contribution >= 4 is 21.8 Å². The molecule has 0 aromatic heterocycles. The predicted octanol–water partition coefficient (Wildman–Crippen LogP) is 2.67. The van der Waals surface area contributed by atoms with E-state index in [2.05, 4.69) is 21.2 Å². The number of rotatable bonds is 2. The SMILES string of the molecule is O=C(NC1CCCC1Br)C1COc2ccccc2C1. The minimum Gasteiger partial charge on any atom is -0.492 e. The van der Waals surface area contributed by atoms with E-state index in [4.69, 9.17) is 4.74 Å². The first-order chi connectivity index (χ1) is 9.24. The minimum absolute atomic E-state index is 0.0600. The molecule has 1 aromatic rings. The van der Waals surface area contributed by atoms with Crippen molar-refractivity contribution in [2.45, 2.75) is 36.6 Å². The highest BCUT2D eigenvalue weighted by atomic mass is 79.9. The second-order valence-electron chi connectivity index (χ2n) is 5.38. The third kappa shape index (κ3) is 2.78. The highest BCUT2D eigenvalue weighted by molar-refractivity contribution is 9.09. The van der Waals surface area contributed by atoms with Crippen molar-refractivity contribution in [1.82, 2.24) is 5.32 Å². The summed E-state index contributed by atoms with van der Waals surface area (Å²) in [5.74, 6) is 0.992. The van der Waals surface area contributed by atoms with Gasteiger partial charge >= 0.3 is 0 Å². The van der Waals surface area contributed by atoms with E-state index >= 15 is 0 Å². The summed E-state index contributed by atoms with van der Waals surface area (Å²) in [6.45, 7) is 0.489. The first kappa shape index (κ1) is 13.0. The maximum atomic E-state index is 12.3. The molecule has 3 unspecified atom stereocenters. The van der Waals surface area contributed by atoms with Crippen molar-refractivity contribution < 1.29 is 9.53 Å². The summed E-state index contributed by atoms with van der Waals surface area (Å²) in [7, 11) is 0. The highest BCUT2D eigenvalue weighted by Crippen LogP contribution is 2.29. The third-order valence-corrected chi connectivity index (χ3v) is 5.11. The second kappa shape index (κ2) is 5.53. The normalized spacial score (nSPS) is 29.4. The molecule has 1 aliphatic carbocycles. The van der Waals surface area contributed by atoms with Gasteiger partial charge in [0.25, 0.3) is 0 Å². The van der Waals surface area contributed by atoms with Crippen LogP contribution in [0.1, 0.15) is 24.8 Å². The molecule has 19 heavy (non-hydrogen) atoms. The maximum absolute atomic E-state index is 12.3. The molecular weight excluding hydrogens is 306 g/mol. The van der Waals surface area contributed by atoms with E-state index in [1.54, 1.807) is 0 Å². The number of alkyl halides is 1. The van der Waals surface area contributed by atoms with Crippen LogP contribution in [0.5, 0.6) is 5.75 Å². The predicted molar refractivity (Wildman–Crippen MR) is 77.6 cm³/mol. The van der Waals surface area contributed by atoms with Crippen LogP contribution < -0.4 is 10.1 Å². The van der Waals surface area contributed by atoms with Crippen molar-refractivity contribution in [3.05, 3.63) is 29.8 Å². The summed E-state index contributed by atoms with van der Waals surface area (Å²) in [5, 5.41) is 3.16. The van der Waals surface area contributed by atoms with Crippen molar-refractivity contribution in [1.29, 1.82) is 0 Å². The number of halogens is 1. The van der Waals surface area contributed by atoms with E-state index in [0.717, 1.165) is 30.6 Å². The molecule has 4 heteroatoms. The van der Waals surface area contributed by atoms with Gasteiger partial charge in [-0.2, -0.15) is 0 Å². The topological polar surface area (TPSA) is 38.3 Å². The Labute approximate surface area is 121 Å². The number of para-hydroxylation sites is 1. The minimum atomic E-state index is -0.0600. The van der Waals surface area contributed by atoms with Crippen LogP contribution in [0.4, 0.5) is 0 Å². The van der Waals surface area contributed by atoms with Gasteiger partial charge in [0, 0.05) is 10.9 Å². The van der Waals surface area contributed by atoms with Crippen LogP contribution in [0.15, 0.2) is 24.3 Å². The fourth-order valence-electron chi connectivity index (χ4n) is 2.87. The van der Waals surface area contributed by atoms with E-state index in [-0.39, 0.29) is 17.9 Å². The zero-order valence-electron chi connectivity index (χ0n) is 10.8. The van der Waals surface area contributed by atoms with E-state index < -0.39 is 0 Å². The monoisotopic (exact) mass is 323 g/mol. The lowest BCUT2D eigenvalue weighted by atomic mass is 9.95. The van der Waals surface area contributed by atoms with Gasteiger partial charge < -0.3 is 10.1 Å². The molecule has 1 saturated carbocycles. The number of hydrogen-bond donors (Lipinski definition) is 1. The molecule has 0 spiro atoms. The Morgan fingerprint density at radius 2 is 2.16 bits per heavy atom. The molecule has 3 nitrogen and oxygen atoms in total. The Bertz CT molecular complexity index is 477. The summed E-state index contributed by atoms with van der Waals surface area (Å²) >= 11 is 3.64. The summed E-state index contributed by atoms with van der Waals surface area (Å²) in [6.07, 6.45) is 4.19. The molecule has 1 aromatic carbocycles. The van der Waals surface area contributed by atoms with E-state index in [1.807, 2.05) is 24.3 Å². The maximum Gasteiger partial charge on any atom is 0.227 e. The number of carbonyl (C=O) groups is 1.